The summed E-state index contributed by atoms with van der Waals surface area (Å²) in [6.45, 7) is -0.119. The predicted molar refractivity (Wildman–Crippen MR) is 136 cm³/mol. The van der Waals surface area contributed by atoms with Gasteiger partial charge in [0.25, 0.3) is 0 Å². The number of piperidine rings is 1. The Morgan fingerprint density at radius 1 is 1.07 bits per heavy atom. The summed E-state index contributed by atoms with van der Waals surface area (Å²) in [5.41, 5.74) is -3.22. The Kier molecular flexibility index (Phi) is 8.10. The van der Waals surface area contributed by atoms with Crippen LogP contribution in [0.25, 0.3) is 0 Å². The number of amides is 2. The average molecular weight is 570 g/mol. The van der Waals surface area contributed by atoms with Crippen molar-refractivity contribution >= 4 is 11.7 Å². The van der Waals surface area contributed by atoms with Crippen LogP contribution in [0.5, 0.6) is 11.5 Å². The van der Waals surface area contributed by atoms with Crippen molar-refractivity contribution in [3.05, 3.63) is 53.6 Å². The fourth-order valence-electron chi connectivity index (χ4n) is 5.92. The van der Waals surface area contributed by atoms with Crippen molar-refractivity contribution in [3.8, 4) is 11.5 Å². The molecule has 1 aliphatic carbocycles. The first-order chi connectivity index (χ1) is 19.1. The number of ether oxygens (including phenoxy) is 3. The number of hydrogen-bond acceptors (Lipinski definition) is 5. The maximum atomic E-state index is 14.3. The highest BCUT2D eigenvalue weighted by atomic mass is 19.4. The van der Waals surface area contributed by atoms with E-state index >= 15 is 0 Å². The van der Waals surface area contributed by atoms with Crippen molar-refractivity contribution < 1.29 is 41.0 Å². The Morgan fingerprint density at radius 2 is 1.82 bits per heavy atom. The SMILES string of the molecule is COc1ccc(F)c(NC(=O)NC2CCC(C3CCCC3)NC2Oc2ccc(F)cc2C2(C(F)(F)F)CCO2)c1. The van der Waals surface area contributed by atoms with Crippen molar-refractivity contribution in [2.75, 3.05) is 19.0 Å². The summed E-state index contributed by atoms with van der Waals surface area (Å²) in [4.78, 5) is 12.9. The summed E-state index contributed by atoms with van der Waals surface area (Å²) in [6.07, 6.45) is -0.697. The molecule has 1 saturated carbocycles. The normalized spacial score (nSPS) is 27.1. The Bertz CT molecular complexity index is 1220. The van der Waals surface area contributed by atoms with Crippen LogP contribution >= 0.6 is 0 Å². The monoisotopic (exact) mass is 569 g/mol. The molecular weight excluding hydrogens is 537 g/mol. The summed E-state index contributed by atoms with van der Waals surface area (Å²) in [5.74, 6) is -0.987. The van der Waals surface area contributed by atoms with Crippen molar-refractivity contribution in [2.24, 2.45) is 5.92 Å². The molecule has 5 rings (SSSR count). The second-order valence-electron chi connectivity index (χ2n) is 10.5. The third-order valence-corrected chi connectivity index (χ3v) is 8.13. The van der Waals surface area contributed by atoms with Crippen LogP contribution in [0.4, 0.5) is 32.4 Å². The molecule has 0 bridgehead atoms. The Labute approximate surface area is 228 Å². The molecule has 3 fully saturated rings. The molecule has 2 aromatic carbocycles. The van der Waals surface area contributed by atoms with Gasteiger partial charge in [0.2, 0.25) is 0 Å². The molecule has 2 aliphatic heterocycles. The van der Waals surface area contributed by atoms with Gasteiger partial charge in [0, 0.05) is 24.1 Å². The van der Waals surface area contributed by atoms with Crippen LogP contribution in [0, 0.1) is 17.6 Å². The summed E-state index contributed by atoms with van der Waals surface area (Å²) < 4.78 is 87.1. The van der Waals surface area contributed by atoms with Gasteiger partial charge in [-0.15, -0.1) is 0 Å². The van der Waals surface area contributed by atoms with Crippen molar-refractivity contribution in [3.63, 3.8) is 0 Å². The number of methoxy groups -OCH3 is 1. The van der Waals surface area contributed by atoms with Crippen LogP contribution in [0.1, 0.15) is 50.5 Å². The van der Waals surface area contributed by atoms with Gasteiger partial charge in [-0.25, -0.2) is 13.6 Å². The summed E-state index contributed by atoms with van der Waals surface area (Å²) in [5, 5.41) is 8.61. The van der Waals surface area contributed by atoms with Crippen LogP contribution < -0.4 is 25.4 Å². The van der Waals surface area contributed by atoms with Gasteiger partial charge in [-0.1, -0.05) is 12.8 Å². The molecule has 4 atom stereocenters. The number of halogens is 5. The first-order valence-electron chi connectivity index (χ1n) is 13.4. The third-order valence-electron chi connectivity index (χ3n) is 8.13. The minimum atomic E-state index is -4.79. The molecule has 12 heteroatoms. The summed E-state index contributed by atoms with van der Waals surface area (Å²) in [6, 6.07) is 5.50. The van der Waals surface area contributed by atoms with Gasteiger partial charge in [0.15, 0.2) is 11.8 Å². The molecule has 4 unspecified atom stereocenters. The number of alkyl halides is 3. The zero-order chi connectivity index (χ0) is 28.5. The van der Waals surface area contributed by atoms with E-state index in [-0.39, 0.29) is 30.5 Å². The molecule has 2 saturated heterocycles. The number of nitrogens with one attached hydrogen (secondary N) is 3. The van der Waals surface area contributed by atoms with Gasteiger partial charge in [-0.2, -0.15) is 13.2 Å². The molecule has 3 N–H and O–H groups in total. The Balaban J connectivity index is 1.39. The number of carbonyl (C=O) groups is 1. The van der Waals surface area contributed by atoms with E-state index in [1.165, 1.54) is 19.2 Å². The van der Waals surface area contributed by atoms with E-state index in [9.17, 15) is 26.7 Å². The molecule has 218 valence electrons. The molecule has 0 aromatic heterocycles. The Hall–Kier alpha value is -3.12. The van der Waals surface area contributed by atoms with Crippen LogP contribution in [0.15, 0.2) is 36.4 Å². The smallest absolute Gasteiger partial charge is 0.421 e. The molecule has 0 spiro atoms. The summed E-state index contributed by atoms with van der Waals surface area (Å²) >= 11 is 0. The van der Waals surface area contributed by atoms with E-state index in [2.05, 4.69) is 16.0 Å². The van der Waals surface area contributed by atoms with Gasteiger partial charge in [-0.05, 0) is 61.9 Å². The van der Waals surface area contributed by atoms with Crippen molar-refractivity contribution in [1.82, 2.24) is 10.6 Å². The first kappa shape index (κ1) is 28.4. The fraction of sp³-hybridized carbons (Fsp3) is 0.536. The minimum Gasteiger partial charge on any atom is -0.497 e. The quantitative estimate of drug-likeness (QED) is 0.357. The molecule has 2 amide bonds. The second kappa shape index (κ2) is 11.4. The highest BCUT2D eigenvalue weighted by Crippen LogP contribution is 2.53. The van der Waals surface area contributed by atoms with Gasteiger partial charge in [-0.3, -0.25) is 5.32 Å². The first-order valence-corrected chi connectivity index (χ1v) is 13.4. The van der Waals surface area contributed by atoms with Gasteiger partial charge in [0.1, 0.15) is 23.1 Å². The number of hydrogen-bond donors (Lipinski definition) is 3. The predicted octanol–water partition coefficient (Wildman–Crippen LogP) is 5.99. The zero-order valence-electron chi connectivity index (χ0n) is 22.0. The topological polar surface area (TPSA) is 80.9 Å². The lowest BCUT2D eigenvalue weighted by molar-refractivity contribution is -0.334. The van der Waals surface area contributed by atoms with E-state index in [0.29, 0.717) is 24.5 Å². The average Bonchev–Trinajstić information content (AvgIpc) is 3.41. The molecular formula is C28H32F5N3O4. The third kappa shape index (κ3) is 5.69. The number of rotatable bonds is 7. The van der Waals surface area contributed by atoms with Crippen LogP contribution in [0.2, 0.25) is 0 Å². The second-order valence-corrected chi connectivity index (χ2v) is 10.5. The zero-order valence-corrected chi connectivity index (χ0v) is 22.0. The van der Waals surface area contributed by atoms with Gasteiger partial charge >= 0.3 is 12.2 Å². The fourth-order valence-corrected chi connectivity index (χ4v) is 5.92. The van der Waals surface area contributed by atoms with Crippen molar-refractivity contribution in [1.29, 1.82) is 0 Å². The molecule has 2 aromatic rings. The number of carbonyl (C=O) groups excluding carboxylic acids is 1. The van der Waals surface area contributed by atoms with Crippen LogP contribution in [0.3, 0.4) is 0 Å². The maximum Gasteiger partial charge on any atom is 0.421 e. The molecule has 0 radical (unpaired) electrons. The molecule has 2 heterocycles. The number of benzene rings is 2. The number of urea groups is 1. The van der Waals surface area contributed by atoms with E-state index in [0.717, 1.165) is 49.9 Å². The van der Waals surface area contributed by atoms with E-state index < -0.39 is 47.3 Å². The molecule has 7 nitrogen and oxygen atoms in total. The van der Waals surface area contributed by atoms with E-state index in [4.69, 9.17) is 14.2 Å². The summed E-state index contributed by atoms with van der Waals surface area (Å²) in [7, 11) is 1.41. The minimum absolute atomic E-state index is 0.0323. The Morgan fingerprint density at radius 3 is 2.48 bits per heavy atom. The van der Waals surface area contributed by atoms with Crippen LogP contribution in [-0.4, -0.2) is 44.2 Å². The van der Waals surface area contributed by atoms with Gasteiger partial charge in [0.05, 0.1) is 25.4 Å². The van der Waals surface area contributed by atoms with Crippen LogP contribution in [-0.2, 0) is 10.3 Å². The van der Waals surface area contributed by atoms with Crippen molar-refractivity contribution in [2.45, 2.75) is 75.0 Å². The highest BCUT2D eigenvalue weighted by Gasteiger charge is 2.63. The van der Waals surface area contributed by atoms with E-state index in [1.807, 2.05) is 0 Å². The lowest BCUT2D eigenvalue weighted by Crippen LogP contribution is -2.61. The lowest BCUT2D eigenvalue weighted by atomic mass is 9.84. The lowest BCUT2D eigenvalue weighted by Gasteiger charge is -2.45. The largest absolute Gasteiger partial charge is 0.497 e. The number of anilines is 1. The molecule has 3 aliphatic rings. The highest BCUT2D eigenvalue weighted by molar-refractivity contribution is 5.89. The standard InChI is InChI=1S/C28H32F5N3O4/c1-38-18-7-8-20(30)23(15-18)36-26(37)35-22-10-9-21(16-4-2-3-5-16)34-25(22)40-24-11-6-17(29)14-19(24)27(12-13-39-27)28(31,32)33/h6-8,11,14-16,21-22,25,34H,2-5,9-10,12-13H2,1H3,(H2,35,36,37). The molecule has 40 heavy (non-hydrogen) atoms. The van der Waals surface area contributed by atoms with Gasteiger partial charge < -0.3 is 24.8 Å². The van der Waals surface area contributed by atoms with E-state index in [1.54, 1.807) is 0 Å². The maximum absolute atomic E-state index is 14.3.